The maximum atomic E-state index is 11.9. The number of hydrogen-bond donors (Lipinski definition) is 3. The highest BCUT2D eigenvalue weighted by Crippen LogP contribution is 2.21. The van der Waals surface area contributed by atoms with Crippen LogP contribution in [0.5, 0.6) is 0 Å². The summed E-state index contributed by atoms with van der Waals surface area (Å²) in [4.78, 5) is 24.3. The van der Waals surface area contributed by atoms with Crippen molar-refractivity contribution >= 4 is 23.3 Å². The Bertz CT molecular complexity index is 476. The molecule has 0 heterocycles. The summed E-state index contributed by atoms with van der Waals surface area (Å²) in [5, 5.41) is 11.8. The summed E-state index contributed by atoms with van der Waals surface area (Å²) in [5.74, 6) is -1.23. The molecular weight excluding hydrogens is 258 g/mol. The van der Waals surface area contributed by atoms with E-state index in [2.05, 4.69) is 5.32 Å². The van der Waals surface area contributed by atoms with Crippen LogP contribution < -0.4 is 16.0 Å². The lowest BCUT2D eigenvalue weighted by Crippen LogP contribution is -2.43. The van der Waals surface area contributed by atoms with Crippen molar-refractivity contribution in [2.24, 2.45) is 0 Å². The average Bonchev–Trinajstić information content (AvgIpc) is 2.37. The van der Waals surface area contributed by atoms with Crippen molar-refractivity contribution in [3.05, 3.63) is 24.3 Å². The summed E-state index contributed by atoms with van der Waals surface area (Å²) in [6.45, 7) is 3.55. The summed E-state index contributed by atoms with van der Waals surface area (Å²) in [5.41, 5.74) is 6.83. The largest absolute Gasteiger partial charge is 0.480 e. The zero-order chi connectivity index (χ0) is 15.1. The fraction of sp³-hybridized carbons (Fsp3) is 0.429. The smallest absolute Gasteiger partial charge is 0.323 e. The van der Waals surface area contributed by atoms with Gasteiger partial charge in [-0.15, -0.1) is 0 Å². The number of carbonyl (C=O) groups excluding carboxylic acids is 1. The zero-order valence-electron chi connectivity index (χ0n) is 11.8. The Hall–Kier alpha value is -2.24. The van der Waals surface area contributed by atoms with Crippen LogP contribution in [0.25, 0.3) is 0 Å². The maximum Gasteiger partial charge on any atom is 0.323 e. The van der Waals surface area contributed by atoms with Crippen LogP contribution in [-0.4, -0.2) is 36.1 Å². The Balaban J connectivity index is 2.83. The molecule has 0 spiro atoms. The van der Waals surface area contributed by atoms with E-state index in [-0.39, 0.29) is 25.0 Å². The number of nitrogens with zero attached hydrogens (tertiary/aromatic N) is 1. The average molecular weight is 279 g/mol. The topological polar surface area (TPSA) is 95.7 Å². The van der Waals surface area contributed by atoms with E-state index in [1.807, 2.05) is 13.8 Å². The second-order valence-electron chi connectivity index (χ2n) is 4.69. The molecule has 1 unspecified atom stereocenters. The lowest BCUT2D eigenvalue weighted by atomic mass is 10.2. The first-order valence-corrected chi connectivity index (χ1v) is 6.54. The molecule has 1 amide bonds. The first kappa shape index (κ1) is 15.8. The molecule has 6 nitrogen and oxygen atoms in total. The number of rotatable bonds is 7. The van der Waals surface area contributed by atoms with Gasteiger partial charge < -0.3 is 21.1 Å². The third-order valence-electron chi connectivity index (χ3n) is 2.96. The van der Waals surface area contributed by atoms with E-state index in [4.69, 9.17) is 10.8 Å². The number of carbonyl (C=O) groups is 2. The van der Waals surface area contributed by atoms with E-state index in [1.165, 1.54) is 4.90 Å². The highest BCUT2D eigenvalue weighted by molar-refractivity contribution is 5.86. The minimum absolute atomic E-state index is 0.0369. The van der Waals surface area contributed by atoms with Gasteiger partial charge in [0.05, 0.1) is 17.9 Å². The molecule has 0 radical (unpaired) electrons. The Labute approximate surface area is 118 Å². The Morgan fingerprint density at radius 2 is 2.00 bits per heavy atom. The van der Waals surface area contributed by atoms with Crippen LogP contribution in [0.3, 0.4) is 0 Å². The normalized spacial score (nSPS) is 11.7. The van der Waals surface area contributed by atoms with Gasteiger partial charge in [-0.25, -0.2) is 0 Å². The van der Waals surface area contributed by atoms with Crippen LogP contribution in [0.4, 0.5) is 11.4 Å². The number of nitrogen functional groups attached to an aromatic ring is 1. The molecule has 1 atom stereocenters. The van der Waals surface area contributed by atoms with Gasteiger partial charge in [-0.2, -0.15) is 0 Å². The molecule has 0 aliphatic carbocycles. The van der Waals surface area contributed by atoms with Crippen LogP contribution in [-0.2, 0) is 9.59 Å². The number of benzene rings is 1. The molecule has 0 aliphatic rings. The number of nitrogens with two attached hydrogens (primary N) is 1. The van der Waals surface area contributed by atoms with Gasteiger partial charge >= 0.3 is 5.97 Å². The van der Waals surface area contributed by atoms with Gasteiger partial charge in [0.15, 0.2) is 0 Å². The van der Waals surface area contributed by atoms with Gasteiger partial charge in [0.2, 0.25) is 5.91 Å². The second-order valence-corrected chi connectivity index (χ2v) is 4.69. The molecule has 110 valence electrons. The number of nitrogens with one attached hydrogen (secondary N) is 1. The minimum Gasteiger partial charge on any atom is -0.480 e. The van der Waals surface area contributed by atoms with Gasteiger partial charge in [-0.05, 0) is 25.5 Å². The third kappa shape index (κ3) is 4.79. The number of anilines is 2. The summed E-state index contributed by atoms with van der Waals surface area (Å²) in [6, 6.07) is 6.96. The van der Waals surface area contributed by atoms with Gasteiger partial charge in [-0.1, -0.05) is 19.1 Å². The van der Waals surface area contributed by atoms with Crippen LogP contribution in [0.15, 0.2) is 24.3 Å². The summed E-state index contributed by atoms with van der Waals surface area (Å²) >= 11 is 0. The van der Waals surface area contributed by atoms with Crippen molar-refractivity contribution in [1.82, 2.24) is 5.32 Å². The molecule has 0 saturated heterocycles. The number of carboxylic acids is 1. The standard InChI is InChI=1S/C14H21N3O3/c1-3-10(2)16-13(18)8-17(9-14(19)20)12-7-5-4-6-11(12)15/h4-7,10H,3,8-9,15H2,1-2H3,(H,16,18)(H,19,20). The fourth-order valence-corrected chi connectivity index (χ4v) is 1.76. The summed E-state index contributed by atoms with van der Waals surface area (Å²) in [6.07, 6.45) is 0.818. The molecule has 0 aromatic heterocycles. The van der Waals surface area contributed by atoms with Gasteiger partial charge in [0.1, 0.15) is 6.54 Å². The van der Waals surface area contributed by atoms with E-state index in [9.17, 15) is 9.59 Å². The van der Waals surface area contributed by atoms with E-state index in [1.54, 1.807) is 24.3 Å². The molecule has 0 fully saturated rings. The third-order valence-corrected chi connectivity index (χ3v) is 2.96. The maximum absolute atomic E-state index is 11.9. The molecule has 1 aromatic carbocycles. The van der Waals surface area contributed by atoms with E-state index in [0.29, 0.717) is 11.4 Å². The van der Waals surface area contributed by atoms with Crippen LogP contribution in [0.1, 0.15) is 20.3 Å². The summed E-state index contributed by atoms with van der Waals surface area (Å²) < 4.78 is 0. The molecule has 0 bridgehead atoms. The molecular formula is C14H21N3O3. The Kier molecular flexibility index (Phi) is 5.83. The number of aliphatic carboxylic acids is 1. The first-order valence-electron chi connectivity index (χ1n) is 6.54. The first-order chi connectivity index (χ1) is 9.43. The number of hydrogen-bond acceptors (Lipinski definition) is 4. The van der Waals surface area contributed by atoms with Gasteiger partial charge in [0, 0.05) is 6.04 Å². The van der Waals surface area contributed by atoms with Crippen LogP contribution in [0, 0.1) is 0 Å². The second kappa shape index (κ2) is 7.37. The molecule has 1 rings (SSSR count). The minimum atomic E-state index is -1.01. The molecule has 20 heavy (non-hydrogen) atoms. The van der Waals surface area contributed by atoms with Crippen LogP contribution >= 0.6 is 0 Å². The monoisotopic (exact) mass is 279 g/mol. The lowest BCUT2D eigenvalue weighted by molar-refractivity contribution is -0.135. The summed E-state index contributed by atoms with van der Waals surface area (Å²) in [7, 11) is 0. The van der Waals surface area contributed by atoms with Gasteiger partial charge in [-0.3, -0.25) is 9.59 Å². The molecule has 6 heteroatoms. The Morgan fingerprint density at radius 1 is 1.35 bits per heavy atom. The SMILES string of the molecule is CCC(C)NC(=O)CN(CC(=O)O)c1ccccc1N. The number of carboxylic acid groups (broad SMARTS) is 1. The predicted molar refractivity (Wildman–Crippen MR) is 78.6 cm³/mol. The lowest BCUT2D eigenvalue weighted by Gasteiger charge is -2.24. The van der Waals surface area contributed by atoms with Gasteiger partial charge in [0.25, 0.3) is 0 Å². The molecule has 0 saturated carbocycles. The molecule has 1 aromatic rings. The van der Waals surface area contributed by atoms with Crippen molar-refractivity contribution in [1.29, 1.82) is 0 Å². The highest BCUT2D eigenvalue weighted by atomic mass is 16.4. The number of para-hydroxylation sites is 2. The quantitative estimate of drug-likeness (QED) is 0.649. The van der Waals surface area contributed by atoms with Crippen molar-refractivity contribution in [2.45, 2.75) is 26.3 Å². The van der Waals surface area contributed by atoms with E-state index in [0.717, 1.165) is 6.42 Å². The van der Waals surface area contributed by atoms with Crippen molar-refractivity contribution in [3.63, 3.8) is 0 Å². The van der Waals surface area contributed by atoms with Crippen molar-refractivity contribution < 1.29 is 14.7 Å². The predicted octanol–water partition coefficient (Wildman–Crippen LogP) is 1.07. The van der Waals surface area contributed by atoms with E-state index < -0.39 is 5.97 Å². The fourth-order valence-electron chi connectivity index (χ4n) is 1.76. The highest BCUT2D eigenvalue weighted by Gasteiger charge is 2.17. The van der Waals surface area contributed by atoms with Crippen molar-refractivity contribution in [3.8, 4) is 0 Å². The van der Waals surface area contributed by atoms with Crippen LogP contribution in [0.2, 0.25) is 0 Å². The molecule has 0 aliphatic heterocycles. The Morgan fingerprint density at radius 3 is 2.55 bits per heavy atom. The number of amides is 1. The van der Waals surface area contributed by atoms with Crippen molar-refractivity contribution in [2.75, 3.05) is 23.7 Å². The zero-order valence-corrected chi connectivity index (χ0v) is 11.8. The van der Waals surface area contributed by atoms with E-state index >= 15 is 0 Å². The molecule has 4 N–H and O–H groups in total.